The molecule has 1 saturated heterocycles. The SMILES string of the molecule is O=C(CSc1nnc(-c2ccc(F)cc2)o1)Nc1ccc(N2CCN(C3CCCCC3)CC2)cc1. The number of halogens is 1. The van der Waals surface area contributed by atoms with Crippen LogP contribution in [0.15, 0.2) is 58.2 Å². The van der Waals surface area contributed by atoms with Gasteiger partial charge in [-0.1, -0.05) is 31.0 Å². The number of hydrogen-bond donors (Lipinski definition) is 1. The number of piperazine rings is 1. The number of nitrogens with zero attached hydrogens (tertiary/aromatic N) is 4. The highest BCUT2D eigenvalue weighted by Gasteiger charge is 2.25. The van der Waals surface area contributed by atoms with Gasteiger partial charge in [0.1, 0.15) is 5.82 Å². The van der Waals surface area contributed by atoms with Crippen molar-refractivity contribution in [2.45, 2.75) is 43.4 Å². The fourth-order valence-electron chi connectivity index (χ4n) is 4.85. The third kappa shape index (κ3) is 6.21. The summed E-state index contributed by atoms with van der Waals surface area (Å²) in [7, 11) is 0. The van der Waals surface area contributed by atoms with Gasteiger partial charge in [0.15, 0.2) is 0 Å². The number of aromatic nitrogens is 2. The van der Waals surface area contributed by atoms with E-state index >= 15 is 0 Å². The van der Waals surface area contributed by atoms with E-state index in [4.69, 9.17) is 4.42 Å². The Balaban J connectivity index is 1.07. The van der Waals surface area contributed by atoms with Crippen LogP contribution in [0.5, 0.6) is 0 Å². The van der Waals surface area contributed by atoms with E-state index in [0.717, 1.165) is 49.7 Å². The van der Waals surface area contributed by atoms with E-state index in [1.165, 1.54) is 49.9 Å². The molecule has 0 atom stereocenters. The van der Waals surface area contributed by atoms with Crippen molar-refractivity contribution in [3.8, 4) is 11.5 Å². The number of carbonyl (C=O) groups is 1. The predicted octanol–water partition coefficient (Wildman–Crippen LogP) is 5.06. The molecule has 1 aliphatic heterocycles. The Hall–Kier alpha value is -2.91. The summed E-state index contributed by atoms with van der Waals surface area (Å²) in [6.07, 6.45) is 6.86. The molecule has 35 heavy (non-hydrogen) atoms. The molecule has 1 saturated carbocycles. The predicted molar refractivity (Wildman–Crippen MR) is 136 cm³/mol. The molecule has 0 unspecified atom stereocenters. The first-order valence-corrected chi connectivity index (χ1v) is 13.2. The van der Waals surface area contributed by atoms with Crippen LogP contribution < -0.4 is 10.2 Å². The molecular formula is C26H30FN5O2S. The van der Waals surface area contributed by atoms with Gasteiger partial charge in [-0.15, -0.1) is 10.2 Å². The summed E-state index contributed by atoms with van der Waals surface area (Å²) in [6, 6.07) is 14.6. The number of hydrogen-bond acceptors (Lipinski definition) is 7. The number of anilines is 2. The van der Waals surface area contributed by atoms with Crippen LogP contribution in [0.25, 0.3) is 11.5 Å². The topological polar surface area (TPSA) is 74.5 Å². The van der Waals surface area contributed by atoms with E-state index in [0.29, 0.717) is 16.7 Å². The van der Waals surface area contributed by atoms with Crippen molar-refractivity contribution >= 4 is 29.0 Å². The molecule has 0 bridgehead atoms. The van der Waals surface area contributed by atoms with Gasteiger partial charge in [-0.3, -0.25) is 9.69 Å². The van der Waals surface area contributed by atoms with Crippen molar-refractivity contribution in [2.24, 2.45) is 0 Å². The van der Waals surface area contributed by atoms with E-state index in [1.54, 1.807) is 12.1 Å². The lowest BCUT2D eigenvalue weighted by Crippen LogP contribution is -2.50. The molecule has 2 aromatic carbocycles. The van der Waals surface area contributed by atoms with Crippen LogP contribution in [-0.2, 0) is 4.79 Å². The second kappa shape index (κ2) is 11.2. The summed E-state index contributed by atoms with van der Waals surface area (Å²) in [4.78, 5) is 17.5. The first-order chi connectivity index (χ1) is 17.1. The Morgan fingerprint density at radius 1 is 0.971 bits per heavy atom. The minimum absolute atomic E-state index is 0.148. The van der Waals surface area contributed by atoms with Crippen molar-refractivity contribution in [2.75, 3.05) is 42.1 Å². The zero-order valence-electron chi connectivity index (χ0n) is 19.7. The fourth-order valence-corrected chi connectivity index (χ4v) is 5.41. The Morgan fingerprint density at radius 3 is 2.40 bits per heavy atom. The quantitative estimate of drug-likeness (QED) is 0.459. The van der Waals surface area contributed by atoms with Gasteiger partial charge in [-0.25, -0.2) is 4.39 Å². The molecule has 2 heterocycles. The summed E-state index contributed by atoms with van der Waals surface area (Å²) in [6.45, 7) is 4.34. The largest absolute Gasteiger partial charge is 0.411 e. The number of amides is 1. The molecule has 2 fully saturated rings. The summed E-state index contributed by atoms with van der Waals surface area (Å²) in [5, 5.41) is 11.1. The van der Waals surface area contributed by atoms with Gasteiger partial charge in [0.05, 0.1) is 5.75 Å². The smallest absolute Gasteiger partial charge is 0.277 e. The van der Waals surface area contributed by atoms with E-state index in [1.807, 2.05) is 12.1 Å². The highest BCUT2D eigenvalue weighted by atomic mass is 32.2. The molecule has 3 aromatic rings. The summed E-state index contributed by atoms with van der Waals surface area (Å²) < 4.78 is 18.6. The van der Waals surface area contributed by atoms with Crippen LogP contribution >= 0.6 is 11.8 Å². The minimum Gasteiger partial charge on any atom is -0.411 e. The van der Waals surface area contributed by atoms with Gasteiger partial charge in [0, 0.05) is 49.2 Å². The highest BCUT2D eigenvalue weighted by molar-refractivity contribution is 7.99. The number of rotatable bonds is 7. The van der Waals surface area contributed by atoms with Crippen LogP contribution in [0.1, 0.15) is 32.1 Å². The molecular weight excluding hydrogens is 465 g/mol. The first kappa shape index (κ1) is 23.8. The van der Waals surface area contributed by atoms with E-state index < -0.39 is 0 Å². The van der Waals surface area contributed by atoms with E-state index in [-0.39, 0.29) is 17.5 Å². The average molecular weight is 496 g/mol. The summed E-state index contributed by atoms with van der Waals surface area (Å²) in [5.74, 6) is -0.0334. The zero-order chi connectivity index (χ0) is 24.0. The first-order valence-electron chi connectivity index (χ1n) is 12.3. The standard InChI is InChI=1S/C26H30FN5O2S/c27-20-8-6-19(7-9-20)25-29-30-26(34-25)35-18-24(33)28-21-10-12-23(13-11-21)32-16-14-31(15-17-32)22-4-2-1-3-5-22/h6-13,22H,1-5,14-18H2,(H,28,33). The van der Waals surface area contributed by atoms with Gasteiger partial charge in [-0.2, -0.15) is 0 Å². The van der Waals surface area contributed by atoms with Gasteiger partial charge < -0.3 is 14.6 Å². The Morgan fingerprint density at radius 2 is 1.69 bits per heavy atom. The van der Waals surface area contributed by atoms with Crippen molar-refractivity contribution in [3.05, 3.63) is 54.3 Å². The normalized spacial score (nSPS) is 17.5. The maximum Gasteiger partial charge on any atom is 0.277 e. The monoisotopic (exact) mass is 495 g/mol. The highest BCUT2D eigenvalue weighted by Crippen LogP contribution is 2.26. The van der Waals surface area contributed by atoms with E-state index in [9.17, 15) is 9.18 Å². The molecule has 1 aromatic heterocycles. The Labute approximate surface area is 209 Å². The lowest BCUT2D eigenvalue weighted by Gasteiger charge is -2.41. The van der Waals surface area contributed by atoms with Crippen molar-refractivity contribution in [1.29, 1.82) is 0 Å². The molecule has 9 heteroatoms. The molecule has 0 radical (unpaired) electrons. The van der Waals surface area contributed by atoms with Crippen LogP contribution in [0.2, 0.25) is 0 Å². The second-order valence-corrected chi connectivity index (χ2v) is 10.0. The lowest BCUT2D eigenvalue weighted by molar-refractivity contribution is -0.113. The number of carbonyl (C=O) groups excluding carboxylic acids is 1. The van der Waals surface area contributed by atoms with E-state index in [2.05, 4.69) is 37.4 Å². The fraction of sp³-hybridized carbons (Fsp3) is 0.423. The molecule has 5 rings (SSSR count). The minimum atomic E-state index is -0.329. The van der Waals surface area contributed by atoms with Crippen LogP contribution in [0, 0.1) is 5.82 Å². The second-order valence-electron chi connectivity index (χ2n) is 9.08. The van der Waals surface area contributed by atoms with Gasteiger partial charge in [-0.05, 0) is 61.4 Å². The molecule has 184 valence electrons. The molecule has 7 nitrogen and oxygen atoms in total. The third-order valence-corrected chi connectivity index (χ3v) is 7.56. The average Bonchev–Trinajstić information content (AvgIpc) is 3.38. The van der Waals surface area contributed by atoms with Gasteiger partial charge >= 0.3 is 0 Å². The number of benzene rings is 2. The zero-order valence-corrected chi connectivity index (χ0v) is 20.5. The number of thioether (sulfide) groups is 1. The Kier molecular flexibility index (Phi) is 7.63. The molecule has 0 spiro atoms. The maximum absolute atomic E-state index is 13.1. The third-order valence-electron chi connectivity index (χ3n) is 6.75. The maximum atomic E-state index is 13.1. The lowest BCUT2D eigenvalue weighted by atomic mass is 9.94. The molecule has 1 aliphatic carbocycles. The van der Waals surface area contributed by atoms with Gasteiger partial charge in [0.2, 0.25) is 11.8 Å². The summed E-state index contributed by atoms with van der Waals surface area (Å²) >= 11 is 1.16. The molecule has 2 aliphatic rings. The number of nitrogens with one attached hydrogen (secondary N) is 1. The Bertz CT molecular complexity index is 1110. The van der Waals surface area contributed by atoms with Crippen molar-refractivity contribution in [3.63, 3.8) is 0 Å². The van der Waals surface area contributed by atoms with Crippen LogP contribution in [-0.4, -0.2) is 59.0 Å². The van der Waals surface area contributed by atoms with Gasteiger partial charge in [0.25, 0.3) is 5.22 Å². The van der Waals surface area contributed by atoms with Crippen LogP contribution in [0.4, 0.5) is 15.8 Å². The molecule has 1 amide bonds. The molecule has 1 N–H and O–H groups in total. The van der Waals surface area contributed by atoms with Crippen molar-refractivity contribution < 1.29 is 13.6 Å². The van der Waals surface area contributed by atoms with Crippen molar-refractivity contribution in [1.82, 2.24) is 15.1 Å². The van der Waals surface area contributed by atoms with Crippen LogP contribution in [0.3, 0.4) is 0 Å². The summed E-state index contributed by atoms with van der Waals surface area (Å²) in [5.41, 5.74) is 2.59.